The summed E-state index contributed by atoms with van der Waals surface area (Å²) >= 11 is 0. The molecule has 1 aromatic carbocycles. The van der Waals surface area contributed by atoms with Crippen molar-refractivity contribution in [3.05, 3.63) is 24.5 Å². The van der Waals surface area contributed by atoms with Crippen LogP contribution < -0.4 is 11.1 Å². The van der Waals surface area contributed by atoms with Crippen molar-refractivity contribution in [1.29, 1.82) is 0 Å². The van der Waals surface area contributed by atoms with Gasteiger partial charge >= 0.3 is 5.97 Å². The molecule has 20 heavy (non-hydrogen) atoms. The zero-order valence-corrected chi connectivity index (χ0v) is 11.4. The van der Waals surface area contributed by atoms with Crippen molar-refractivity contribution < 1.29 is 9.53 Å². The highest BCUT2D eigenvalue weighted by Crippen LogP contribution is 2.21. The Morgan fingerprint density at radius 3 is 3.05 bits per heavy atom. The molecule has 0 spiro atoms. The van der Waals surface area contributed by atoms with Crippen molar-refractivity contribution in [3.63, 3.8) is 0 Å². The Morgan fingerprint density at radius 1 is 1.40 bits per heavy atom. The van der Waals surface area contributed by atoms with Crippen LogP contribution in [0.15, 0.2) is 24.5 Å². The molecule has 6 heteroatoms. The Kier molecular flexibility index (Phi) is 4.70. The van der Waals surface area contributed by atoms with Gasteiger partial charge in [0.15, 0.2) is 0 Å². The van der Waals surface area contributed by atoms with Crippen molar-refractivity contribution in [2.75, 3.05) is 24.2 Å². The zero-order valence-electron chi connectivity index (χ0n) is 11.4. The summed E-state index contributed by atoms with van der Waals surface area (Å²) < 4.78 is 4.87. The molecular weight excluding hydrogens is 256 g/mol. The number of nitrogens with two attached hydrogens (primary N) is 1. The number of aromatic nitrogens is 2. The predicted molar refractivity (Wildman–Crippen MR) is 78.3 cm³/mol. The second-order valence-electron chi connectivity index (χ2n) is 4.33. The molecule has 106 valence electrons. The number of nitrogens with zero attached hydrogens (tertiary/aromatic N) is 2. The largest absolute Gasteiger partial charge is 0.466 e. The number of esters is 1. The number of anilines is 2. The van der Waals surface area contributed by atoms with Gasteiger partial charge in [0.25, 0.3) is 0 Å². The van der Waals surface area contributed by atoms with Crippen LogP contribution in [-0.4, -0.2) is 29.1 Å². The normalized spacial score (nSPS) is 10.4. The summed E-state index contributed by atoms with van der Waals surface area (Å²) in [5.74, 6) is 0.553. The van der Waals surface area contributed by atoms with Crippen LogP contribution in [0, 0.1) is 0 Å². The van der Waals surface area contributed by atoms with Gasteiger partial charge in [-0.1, -0.05) is 0 Å². The molecule has 0 amide bonds. The van der Waals surface area contributed by atoms with E-state index in [1.54, 1.807) is 13.0 Å². The lowest BCUT2D eigenvalue weighted by atomic mass is 10.2. The van der Waals surface area contributed by atoms with Gasteiger partial charge in [0, 0.05) is 24.0 Å². The first-order valence-electron chi connectivity index (χ1n) is 6.60. The fraction of sp³-hybridized carbons (Fsp3) is 0.357. The summed E-state index contributed by atoms with van der Waals surface area (Å²) in [6, 6.07) is 5.50. The van der Waals surface area contributed by atoms with E-state index in [2.05, 4.69) is 15.3 Å². The Morgan fingerprint density at radius 2 is 2.25 bits per heavy atom. The fourth-order valence-corrected chi connectivity index (χ4v) is 1.89. The Labute approximate surface area is 117 Å². The molecule has 0 unspecified atom stereocenters. The van der Waals surface area contributed by atoms with Gasteiger partial charge in [-0.2, -0.15) is 0 Å². The van der Waals surface area contributed by atoms with Crippen molar-refractivity contribution >= 4 is 28.4 Å². The predicted octanol–water partition coefficient (Wildman–Crippen LogP) is 1.97. The summed E-state index contributed by atoms with van der Waals surface area (Å²) in [4.78, 5) is 19.6. The highest BCUT2D eigenvalue weighted by molar-refractivity contribution is 5.91. The number of carbonyl (C=O) groups excluding carboxylic acids is 1. The summed E-state index contributed by atoms with van der Waals surface area (Å²) in [5, 5.41) is 4.08. The molecule has 0 radical (unpaired) electrons. The van der Waals surface area contributed by atoms with E-state index in [-0.39, 0.29) is 5.97 Å². The van der Waals surface area contributed by atoms with Crippen molar-refractivity contribution in [1.82, 2.24) is 9.97 Å². The molecule has 0 aliphatic rings. The standard InChI is InChI=1S/C14H18N4O2/c1-2-20-13(19)4-3-7-16-14-11-8-10(15)5-6-12(11)17-9-18-14/h5-6,8-9H,2-4,7,15H2,1H3,(H,16,17,18). The van der Waals surface area contributed by atoms with Crippen LogP contribution in [0.2, 0.25) is 0 Å². The van der Waals surface area contributed by atoms with Gasteiger partial charge in [0.1, 0.15) is 12.1 Å². The van der Waals surface area contributed by atoms with E-state index in [4.69, 9.17) is 10.5 Å². The molecule has 2 rings (SSSR count). The van der Waals surface area contributed by atoms with E-state index in [1.807, 2.05) is 12.1 Å². The van der Waals surface area contributed by atoms with Crippen molar-refractivity contribution in [2.45, 2.75) is 19.8 Å². The van der Waals surface area contributed by atoms with Crippen LogP contribution >= 0.6 is 0 Å². The number of carbonyl (C=O) groups is 1. The Hall–Kier alpha value is -2.37. The van der Waals surface area contributed by atoms with Crippen LogP contribution in [0.3, 0.4) is 0 Å². The fourth-order valence-electron chi connectivity index (χ4n) is 1.89. The summed E-state index contributed by atoms with van der Waals surface area (Å²) in [6.07, 6.45) is 2.59. The maximum absolute atomic E-state index is 11.2. The lowest BCUT2D eigenvalue weighted by Gasteiger charge is -2.08. The molecule has 1 heterocycles. The van der Waals surface area contributed by atoms with Crippen LogP contribution in [0.25, 0.3) is 10.9 Å². The summed E-state index contributed by atoms with van der Waals surface area (Å²) in [6.45, 7) is 2.86. The average molecular weight is 274 g/mol. The molecule has 0 aliphatic heterocycles. The van der Waals surface area contributed by atoms with Crippen LogP contribution in [0.5, 0.6) is 0 Å². The number of hydrogen-bond donors (Lipinski definition) is 2. The third-order valence-corrected chi connectivity index (χ3v) is 2.81. The SMILES string of the molecule is CCOC(=O)CCCNc1ncnc2ccc(N)cc12. The van der Waals surface area contributed by atoms with Crippen LogP contribution in [0.1, 0.15) is 19.8 Å². The topological polar surface area (TPSA) is 90.1 Å². The smallest absolute Gasteiger partial charge is 0.305 e. The van der Waals surface area contributed by atoms with E-state index < -0.39 is 0 Å². The summed E-state index contributed by atoms with van der Waals surface area (Å²) in [5.41, 5.74) is 7.28. The number of hydrogen-bond acceptors (Lipinski definition) is 6. The van der Waals surface area contributed by atoms with Gasteiger partial charge in [-0.05, 0) is 31.5 Å². The first kappa shape index (κ1) is 14.0. The Balaban J connectivity index is 1.96. The number of benzene rings is 1. The van der Waals surface area contributed by atoms with Gasteiger partial charge in [-0.3, -0.25) is 4.79 Å². The van der Waals surface area contributed by atoms with E-state index in [0.29, 0.717) is 31.7 Å². The zero-order chi connectivity index (χ0) is 14.4. The molecular formula is C14H18N4O2. The van der Waals surface area contributed by atoms with Crippen molar-refractivity contribution in [3.8, 4) is 0 Å². The first-order chi connectivity index (χ1) is 9.70. The minimum atomic E-state index is -0.175. The van der Waals surface area contributed by atoms with Crippen LogP contribution in [0.4, 0.5) is 11.5 Å². The highest BCUT2D eigenvalue weighted by Gasteiger charge is 2.05. The minimum absolute atomic E-state index is 0.175. The molecule has 0 saturated carbocycles. The van der Waals surface area contributed by atoms with Crippen molar-refractivity contribution in [2.24, 2.45) is 0 Å². The maximum atomic E-state index is 11.2. The molecule has 0 saturated heterocycles. The lowest BCUT2D eigenvalue weighted by molar-refractivity contribution is -0.143. The third kappa shape index (κ3) is 3.57. The van der Waals surface area contributed by atoms with Crippen LogP contribution in [-0.2, 0) is 9.53 Å². The number of fused-ring (bicyclic) bond motifs is 1. The number of nitrogen functional groups attached to an aromatic ring is 1. The van der Waals surface area contributed by atoms with Gasteiger partial charge in [0.05, 0.1) is 12.1 Å². The van der Waals surface area contributed by atoms with Gasteiger partial charge < -0.3 is 15.8 Å². The molecule has 3 N–H and O–H groups in total. The van der Waals surface area contributed by atoms with E-state index in [0.717, 1.165) is 16.7 Å². The molecule has 0 bridgehead atoms. The van der Waals surface area contributed by atoms with E-state index in [1.165, 1.54) is 6.33 Å². The second kappa shape index (κ2) is 6.70. The molecule has 0 fully saturated rings. The summed E-state index contributed by atoms with van der Waals surface area (Å²) in [7, 11) is 0. The molecule has 0 aliphatic carbocycles. The monoisotopic (exact) mass is 274 g/mol. The number of rotatable bonds is 6. The van der Waals surface area contributed by atoms with E-state index in [9.17, 15) is 4.79 Å². The Bertz CT molecular complexity index is 601. The number of nitrogens with one attached hydrogen (secondary N) is 1. The highest BCUT2D eigenvalue weighted by atomic mass is 16.5. The molecule has 1 aromatic heterocycles. The van der Waals surface area contributed by atoms with Gasteiger partial charge in [-0.25, -0.2) is 9.97 Å². The molecule has 6 nitrogen and oxygen atoms in total. The quantitative estimate of drug-likeness (QED) is 0.475. The first-order valence-corrected chi connectivity index (χ1v) is 6.60. The maximum Gasteiger partial charge on any atom is 0.305 e. The average Bonchev–Trinajstić information content (AvgIpc) is 2.44. The molecule has 0 atom stereocenters. The van der Waals surface area contributed by atoms with Gasteiger partial charge in [0.2, 0.25) is 0 Å². The molecule has 2 aromatic rings. The number of ether oxygens (including phenoxy) is 1. The van der Waals surface area contributed by atoms with E-state index >= 15 is 0 Å². The second-order valence-corrected chi connectivity index (χ2v) is 4.33. The van der Waals surface area contributed by atoms with Gasteiger partial charge in [-0.15, -0.1) is 0 Å². The minimum Gasteiger partial charge on any atom is -0.466 e. The lowest BCUT2D eigenvalue weighted by Crippen LogP contribution is -2.09. The third-order valence-electron chi connectivity index (χ3n) is 2.81.